The second-order valence-corrected chi connectivity index (χ2v) is 8.52. The van der Waals surface area contributed by atoms with E-state index in [1.807, 2.05) is 0 Å². The highest BCUT2D eigenvalue weighted by Crippen LogP contribution is 2.49. The molecule has 3 rings (SSSR count). The number of fused-ring (bicyclic) bond motifs is 1. The molecule has 4 atom stereocenters. The third-order valence-corrected chi connectivity index (χ3v) is 7.28. The molecule has 1 nitrogen and oxygen atoms in total. The van der Waals surface area contributed by atoms with Gasteiger partial charge < -0.3 is 5.11 Å². The number of aliphatic hydroxyl groups excluding tert-OH is 1. The highest BCUT2D eigenvalue weighted by molar-refractivity contribution is 4.89. The van der Waals surface area contributed by atoms with Crippen molar-refractivity contribution in [1.82, 2.24) is 0 Å². The van der Waals surface area contributed by atoms with Gasteiger partial charge in [0.15, 0.2) is 0 Å². The molecule has 3 fully saturated rings. The first-order valence-electron chi connectivity index (χ1n) is 9.91. The largest absolute Gasteiger partial charge is 0.396 e. The maximum absolute atomic E-state index is 9.31. The Bertz CT molecular complexity index is 305. The maximum atomic E-state index is 9.31. The van der Waals surface area contributed by atoms with Crippen LogP contribution in [0.5, 0.6) is 0 Å². The summed E-state index contributed by atoms with van der Waals surface area (Å²) in [5.74, 6) is 5.89. The van der Waals surface area contributed by atoms with Gasteiger partial charge in [-0.05, 0) is 93.3 Å². The molecule has 122 valence electrons. The first-order valence-corrected chi connectivity index (χ1v) is 9.91. The lowest BCUT2D eigenvalue weighted by Gasteiger charge is -2.45. The maximum Gasteiger partial charge on any atom is 0.0459 e. The summed E-state index contributed by atoms with van der Waals surface area (Å²) in [5, 5.41) is 9.31. The fourth-order valence-corrected chi connectivity index (χ4v) is 5.96. The molecule has 4 unspecified atom stereocenters. The lowest BCUT2D eigenvalue weighted by molar-refractivity contribution is 0.0534. The van der Waals surface area contributed by atoms with E-state index < -0.39 is 0 Å². The molecular weight excluding hydrogens is 256 g/mol. The monoisotopic (exact) mass is 292 g/mol. The van der Waals surface area contributed by atoms with Crippen LogP contribution in [-0.4, -0.2) is 11.7 Å². The molecule has 0 saturated heterocycles. The van der Waals surface area contributed by atoms with E-state index in [-0.39, 0.29) is 0 Å². The van der Waals surface area contributed by atoms with E-state index in [2.05, 4.69) is 6.92 Å². The molecule has 1 heteroatoms. The van der Waals surface area contributed by atoms with E-state index in [0.717, 1.165) is 29.6 Å². The molecule has 0 heterocycles. The first-order chi connectivity index (χ1) is 10.3. The zero-order chi connectivity index (χ0) is 14.7. The molecule has 21 heavy (non-hydrogen) atoms. The summed E-state index contributed by atoms with van der Waals surface area (Å²) in [5.41, 5.74) is 0. The molecule has 0 radical (unpaired) electrons. The third kappa shape index (κ3) is 3.84. The SMILES string of the molecule is CCCC1CCC2CC(C3CCC(CO)CC3)CCC2C1. The Morgan fingerprint density at radius 2 is 1.19 bits per heavy atom. The minimum Gasteiger partial charge on any atom is -0.396 e. The van der Waals surface area contributed by atoms with E-state index >= 15 is 0 Å². The van der Waals surface area contributed by atoms with E-state index in [0.29, 0.717) is 12.5 Å². The Labute approximate surface area is 131 Å². The van der Waals surface area contributed by atoms with Crippen molar-refractivity contribution in [2.75, 3.05) is 6.61 Å². The van der Waals surface area contributed by atoms with Crippen molar-refractivity contribution in [3.05, 3.63) is 0 Å². The van der Waals surface area contributed by atoms with E-state index in [4.69, 9.17) is 0 Å². The zero-order valence-corrected chi connectivity index (χ0v) is 14.1. The van der Waals surface area contributed by atoms with Crippen LogP contribution < -0.4 is 0 Å². The molecule has 1 N–H and O–H groups in total. The van der Waals surface area contributed by atoms with Gasteiger partial charge >= 0.3 is 0 Å². The summed E-state index contributed by atoms with van der Waals surface area (Å²) in [6, 6.07) is 0. The molecule has 0 aromatic heterocycles. The fraction of sp³-hybridized carbons (Fsp3) is 1.00. The van der Waals surface area contributed by atoms with E-state index in [1.165, 1.54) is 64.2 Å². The van der Waals surface area contributed by atoms with Crippen molar-refractivity contribution in [3.63, 3.8) is 0 Å². The smallest absolute Gasteiger partial charge is 0.0459 e. The van der Waals surface area contributed by atoms with Crippen molar-refractivity contribution in [3.8, 4) is 0 Å². The van der Waals surface area contributed by atoms with Crippen molar-refractivity contribution < 1.29 is 5.11 Å². The van der Waals surface area contributed by atoms with Crippen molar-refractivity contribution in [1.29, 1.82) is 0 Å². The zero-order valence-electron chi connectivity index (χ0n) is 14.1. The predicted molar refractivity (Wildman–Crippen MR) is 89.1 cm³/mol. The van der Waals surface area contributed by atoms with Crippen molar-refractivity contribution in [2.45, 2.75) is 84.0 Å². The molecular formula is C20H36O. The standard InChI is InChI=1S/C20H36O/c1-2-3-15-4-9-20-13-19(11-10-18(20)12-15)17-7-5-16(14-21)6-8-17/h15-21H,2-14H2,1H3. The summed E-state index contributed by atoms with van der Waals surface area (Å²) in [6.07, 6.45) is 17.5. The minimum absolute atomic E-state index is 0.431. The number of hydrogen-bond acceptors (Lipinski definition) is 1. The highest BCUT2D eigenvalue weighted by Gasteiger charge is 2.38. The molecule has 0 aromatic rings. The summed E-state index contributed by atoms with van der Waals surface area (Å²) in [4.78, 5) is 0. The van der Waals surface area contributed by atoms with Gasteiger partial charge in [-0.25, -0.2) is 0 Å². The Morgan fingerprint density at radius 1 is 0.667 bits per heavy atom. The van der Waals surface area contributed by atoms with Gasteiger partial charge in [0.2, 0.25) is 0 Å². The van der Waals surface area contributed by atoms with Gasteiger partial charge in [0, 0.05) is 6.61 Å². The Kier molecular flexibility index (Phi) is 5.65. The van der Waals surface area contributed by atoms with Gasteiger partial charge in [-0.2, -0.15) is 0 Å². The van der Waals surface area contributed by atoms with Gasteiger partial charge in [-0.1, -0.05) is 26.2 Å². The van der Waals surface area contributed by atoms with Gasteiger partial charge in [-0.3, -0.25) is 0 Å². The number of hydrogen-bond donors (Lipinski definition) is 1. The number of rotatable bonds is 4. The summed E-state index contributed by atoms with van der Waals surface area (Å²) in [6.45, 7) is 2.78. The average molecular weight is 293 g/mol. The van der Waals surface area contributed by atoms with Crippen LogP contribution in [-0.2, 0) is 0 Å². The molecule has 3 aliphatic rings. The van der Waals surface area contributed by atoms with Crippen LogP contribution in [0.3, 0.4) is 0 Å². The Balaban J connectivity index is 1.47. The number of aliphatic hydroxyl groups is 1. The topological polar surface area (TPSA) is 20.2 Å². The highest BCUT2D eigenvalue weighted by atomic mass is 16.3. The Hall–Kier alpha value is -0.0400. The molecule has 3 aliphatic carbocycles. The van der Waals surface area contributed by atoms with E-state index in [1.54, 1.807) is 12.8 Å². The third-order valence-electron chi connectivity index (χ3n) is 7.28. The van der Waals surface area contributed by atoms with Crippen LogP contribution in [0.2, 0.25) is 0 Å². The van der Waals surface area contributed by atoms with Gasteiger partial charge in [0.25, 0.3) is 0 Å². The lowest BCUT2D eigenvalue weighted by atomic mass is 9.60. The van der Waals surface area contributed by atoms with Gasteiger partial charge in [-0.15, -0.1) is 0 Å². The van der Waals surface area contributed by atoms with Crippen LogP contribution in [0.1, 0.15) is 84.0 Å². The van der Waals surface area contributed by atoms with Crippen LogP contribution in [0.25, 0.3) is 0 Å². The molecule has 0 aromatic carbocycles. The quantitative estimate of drug-likeness (QED) is 0.733. The van der Waals surface area contributed by atoms with Crippen LogP contribution in [0, 0.1) is 35.5 Å². The lowest BCUT2D eigenvalue weighted by Crippen LogP contribution is -2.34. The second-order valence-electron chi connectivity index (χ2n) is 8.52. The van der Waals surface area contributed by atoms with Gasteiger partial charge in [0.1, 0.15) is 0 Å². The van der Waals surface area contributed by atoms with Crippen LogP contribution in [0.15, 0.2) is 0 Å². The van der Waals surface area contributed by atoms with E-state index in [9.17, 15) is 5.11 Å². The first kappa shape index (κ1) is 15.8. The van der Waals surface area contributed by atoms with Crippen LogP contribution in [0.4, 0.5) is 0 Å². The molecule has 0 amide bonds. The Morgan fingerprint density at radius 3 is 1.86 bits per heavy atom. The van der Waals surface area contributed by atoms with Gasteiger partial charge in [0.05, 0.1) is 0 Å². The summed E-state index contributed by atoms with van der Waals surface area (Å²) < 4.78 is 0. The molecule has 3 saturated carbocycles. The van der Waals surface area contributed by atoms with Crippen LogP contribution >= 0.6 is 0 Å². The summed E-state index contributed by atoms with van der Waals surface area (Å²) >= 11 is 0. The predicted octanol–water partition coefficient (Wildman–Crippen LogP) is 5.42. The molecule has 0 bridgehead atoms. The molecule has 0 spiro atoms. The average Bonchev–Trinajstić information content (AvgIpc) is 2.55. The normalized spacial score (nSPS) is 44.3. The van der Waals surface area contributed by atoms with Crippen molar-refractivity contribution >= 4 is 0 Å². The van der Waals surface area contributed by atoms with Crippen molar-refractivity contribution in [2.24, 2.45) is 35.5 Å². The summed E-state index contributed by atoms with van der Waals surface area (Å²) in [7, 11) is 0. The second kappa shape index (κ2) is 7.49. The fourth-order valence-electron chi connectivity index (χ4n) is 5.96. The minimum atomic E-state index is 0.431. The molecule has 0 aliphatic heterocycles.